The largest absolute Gasteiger partial charge is 0.297 e. The van der Waals surface area contributed by atoms with E-state index >= 15 is 0 Å². The van der Waals surface area contributed by atoms with E-state index in [1.807, 2.05) is 6.92 Å². The molecule has 4 nitrogen and oxygen atoms in total. The third kappa shape index (κ3) is 2.22. The molecule has 2 aliphatic carbocycles. The van der Waals surface area contributed by atoms with Gasteiger partial charge >= 0.3 is 0 Å². The molecular formula is C16H19N3O. The summed E-state index contributed by atoms with van der Waals surface area (Å²) in [6.07, 6.45) is 4.57. The van der Waals surface area contributed by atoms with E-state index in [0.29, 0.717) is 23.4 Å². The van der Waals surface area contributed by atoms with E-state index in [-0.39, 0.29) is 11.7 Å². The van der Waals surface area contributed by atoms with Crippen LogP contribution in [0.5, 0.6) is 0 Å². The Balaban J connectivity index is 1.86. The number of aromatic nitrogens is 2. The fourth-order valence-corrected chi connectivity index (χ4v) is 3.98. The van der Waals surface area contributed by atoms with E-state index in [0.717, 1.165) is 18.5 Å². The van der Waals surface area contributed by atoms with E-state index < -0.39 is 5.92 Å². The first-order chi connectivity index (χ1) is 9.58. The van der Waals surface area contributed by atoms with Crippen LogP contribution < -0.4 is 0 Å². The summed E-state index contributed by atoms with van der Waals surface area (Å²) >= 11 is 0. The Morgan fingerprint density at radius 3 is 2.70 bits per heavy atom. The number of nitrogens with zero attached hydrogens (tertiary/aromatic N) is 3. The molecule has 4 unspecified atom stereocenters. The molecular weight excluding hydrogens is 250 g/mol. The molecule has 0 aromatic carbocycles. The molecule has 2 aliphatic rings. The molecule has 104 valence electrons. The topological polar surface area (TPSA) is 66.6 Å². The van der Waals surface area contributed by atoms with Crippen LogP contribution in [0.3, 0.4) is 0 Å². The summed E-state index contributed by atoms with van der Waals surface area (Å²) in [5, 5.41) is 9.43. The SMILES string of the molecule is Cc1cc(C(C#N)C(=O)C2CC3CCC2C3)nc(C)n1. The number of fused-ring (bicyclic) bond motifs is 2. The normalized spacial score (nSPS) is 29.1. The van der Waals surface area contributed by atoms with Gasteiger partial charge < -0.3 is 0 Å². The number of aryl methyl sites for hydroxylation is 2. The molecule has 4 atom stereocenters. The van der Waals surface area contributed by atoms with Gasteiger partial charge in [0.2, 0.25) is 0 Å². The first kappa shape index (κ1) is 13.2. The van der Waals surface area contributed by atoms with Crippen LogP contribution in [0.4, 0.5) is 0 Å². The zero-order chi connectivity index (χ0) is 14.3. The predicted molar refractivity (Wildman–Crippen MR) is 73.8 cm³/mol. The third-order valence-electron chi connectivity index (χ3n) is 4.80. The summed E-state index contributed by atoms with van der Waals surface area (Å²) in [5.41, 5.74) is 1.39. The first-order valence-electron chi connectivity index (χ1n) is 7.34. The number of Topliss-reactive ketones (excluding diaryl/α,β-unsaturated/α-hetero) is 1. The molecule has 2 fully saturated rings. The molecule has 1 aromatic heterocycles. The van der Waals surface area contributed by atoms with Crippen molar-refractivity contribution >= 4 is 5.78 Å². The molecule has 0 radical (unpaired) electrons. The number of hydrogen-bond acceptors (Lipinski definition) is 4. The average molecular weight is 269 g/mol. The van der Waals surface area contributed by atoms with Crippen molar-refractivity contribution in [2.24, 2.45) is 17.8 Å². The van der Waals surface area contributed by atoms with Gasteiger partial charge in [-0.3, -0.25) is 4.79 Å². The van der Waals surface area contributed by atoms with Crippen molar-refractivity contribution in [3.8, 4) is 6.07 Å². The summed E-state index contributed by atoms with van der Waals surface area (Å²) in [6.45, 7) is 3.67. The molecule has 2 saturated carbocycles. The molecule has 1 heterocycles. The second-order valence-electron chi connectivity index (χ2n) is 6.23. The fourth-order valence-electron chi connectivity index (χ4n) is 3.98. The Labute approximate surface area is 119 Å². The van der Waals surface area contributed by atoms with Crippen molar-refractivity contribution in [1.29, 1.82) is 5.26 Å². The van der Waals surface area contributed by atoms with Crippen LogP contribution in [0.25, 0.3) is 0 Å². The van der Waals surface area contributed by atoms with E-state index in [4.69, 9.17) is 0 Å². The molecule has 20 heavy (non-hydrogen) atoms. The smallest absolute Gasteiger partial charge is 0.159 e. The molecule has 3 rings (SSSR count). The minimum absolute atomic E-state index is 0.0778. The van der Waals surface area contributed by atoms with Gasteiger partial charge in [-0.15, -0.1) is 0 Å². The Morgan fingerprint density at radius 1 is 1.35 bits per heavy atom. The van der Waals surface area contributed by atoms with Gasteiger partial charge in [-0.2, -0.15) is 5.26 Å². The van der Waals surface area contributed by atoms with Gasteiger partial charge in [0.15, 0.2) is 5.78 Å². The first-order valence-corrected chi connectivity index (χ1v) is 7.34. The van der Waals surface area contributed by atoms with Crippen molar-refractivity contribution < 1.29 is 4.79 Å². The molecule has 0 spiro atoms. The lowest BCUT2D eigenvalue weighted by atomic mass is 9.80. The van der Waals surface area contributed by atoms with Crippen LogP contribution in [0.1, 0.15) is 48.8 Å². The average Bonchev–Trinajstić information content (AvgIpc) is 3.00. The highest BCUT2D eigenvalue weighted by molar-refractivity contribution is 5.90. The lowest BCUT2D eigenvalue weighted by Crippen LogP contribution is -2.26. The van der Waals surface area contributed by atoms with E-state index in [1.54, 1.807) is 13.0 Å². The maximum Gasteiger partial charge on any atom is 0.159 e. The van der Waals surface area contributed by atoms with Gasteiger partial charge in [0.25, 0.3) is 0 Å². The number of nitriles is 1. The van der Waals surface area contributed by atoms with Gasteiger partial charge in [-0.05, 0) is 51.0 Å². The van der Waals surface area contributed by atoms with E-state index in [1.165, 1.54) is 12.8 Å². The van der Waals surface area contributed by atoms with E-state index in [2.05, 4.69) is 16.0 Å². The Morgan fingerprint density at radius 2 is 2.15 bits per heavy atom. The summed E-state index contributed by atoms with van der Waals surface area (Å²) in [6, 6.07) is 3.94. The number of carbonyl (C=O) groups is 1. The number of rotatable bonds is 3. The standard InChI is InChI=1S/C16H19N3O/c1-9-5-15(19-10(2)18-9)14(8-17)16(20)13-7-11-3-4-12(13)6-11/h5,11-14H,3-4,6-7H2,1-2H3. The van der Waals surface area contributed by atoms with Crippen LogP contribution in [0.2, 0.25) is 0 Å². The molecule has 0 N–H and O–H groups in total. The molecule has 0 aliphatic heterocycles. The van der Waals surface area contributed by atoms with Crippen LogP contribution in [-0.2, 0) is 4.79 Å². The van der Waals surface area contributed by atoms with Crippen LogP contribution >= 0.6 is 0 Å². The summed E-state index contributed by atoms with van der Waals surface area (Å²) in [5.74, 6) is 1.28. The minimum Gasteiger partial charge on any atom is -0.297 e. The minimum atomic E-state index is -0.722. The van der Waals surface area contributed by atoms with E-state index in [9.17, 15) is 10.1 Å². The van der Waals surface area contributed by atoms with Gasteiger partial charge in [0.05, 0.1) is 11.8 Å². The van der Waals surface area contributed by atoms with Crippen molar-refractivity contribution in [3.05, 3.63) is 23.3 Å². The number of hydrogen-bond donors (Lipinski definition) is 0. The van der Waals surface area contributed by atoms with Gasteiger partial charge in [0.1, 0.15) is 11.7 Å². The number of ketones is 1. The molecule has 0 saturated heterocycles. The lowest BCUT2D eigenvalue weighted by molar-refractivity contribution is -0.124. The Bertz CT molecular complexity index is 570. The van der Waals surface area contributed by atoms with Crippen molar-refractivity contribution in [2.45, 2.75) is 45.4 Å². The highest BCUT2D eigenvalue weighted by Gasteiger charge is 2.45. The summed E-state index contributed by atoms with van der Waals surface area (Å²) in [4.78, 5) is 21.2. The molecule has 4 heteroatoms. The highest BCUT2D eigenvalue weighted by atomic mass is 16.1. The highest BCUT2D eigenvalue weighted by Crippen LogP contribution is 2.49. The monoisotopic (exact) mass is 269 g/mol. The van der Waals surface area contributed by atoms with Gasteiger partial charge in [-0.1, -0.05) is 6.42 Å². The predicted octanol–water partition coefficient (Wildman–Crippen LogP) is 2.71. The quantitative estimate of drug-likeness (QED) is 0.846. The maximum absolute atomic E-state index is 12.7. The summed E-state index contributed by atoms with van der Waals surface area (Å²) in [7, 11) is 0. The maximum atomic E-state index is 12.7. The van der Waals surface area contributed by atoms with Crippen molar-refractivity contribution in [2.75, 3.05) is 0 Å². The van der Waals surface area contributed by atoms with Crippen LogP contribution in [-0.4, -0.2) is 15.8 Å². The van der Waals surface area contributed by atoms with Gasteiger partial charge in [-0.25, -0.2) is 9.97 Å². The second kappa shape index (κ2) is 4.97. The molecule has 0 amide bonds. The zero-order valence-corrected chi connectivity index (χ0v) is 12.0. The van der Waals surface area contributed by atoms with Crippen molar-refractivity contribution in [1.82, 2.24) is 9.97 Å². The van der Waals surface area contributed by atoms with Crippen LogP contribution in [0.15, 0.2) is 6.07 Å². The number of carbonyl (C=O) groups excluding carboxylic acids is 1. The molecule has 2 bridgehead atoms. The zero-order valence-electron chi connectivity index (χ0n) is 12.0. The van der Waals surface area contributed by atoms with Crippen molar-refractivity contribution in [3.63, 3.8) is 0 Å². The van der Waals surface area contributed by atoms with Crippen LogP contribution in [0, 0.1) is 42.9 Å². The second-order valence-corrected chi connectivity index (χ2v) is 6.23. The lowest BCUT2D eigenvalue weighted by Gasteiger charge is -2.22. The Kier molecular flexibility index (Phi) is 3.29. The third-order valence-corrected chi connectivity index (χ3v) is 4.80. The van der Waals surface area contributed by atoms with Gasteiger partial charge in [0, 0.05) is 11.6 Å². The fraction of sp³-hybridized carbons (Fsp3) is 0.625. The molecule has 1 aromatic rings. The Hall–Kier alpha value is -1.76. The summed E-state index contributed by atoms with van der Waals surface area (Å²) < 4.78 is 0.